The highest BCUT2D eigenvalue weighted by Gasteiger charge is 2.39. The maximum atomic E-state index is 12.9. The summed E-state index contributed by atoms with van der Waals surface area (Å²) >= 11 is 0.506. The zero-order valence-corrected chi connectivity index (χ0v) is 13.8. The Bertz CT molecular complexity index is 964. The van der Waals surface area contributed by atoms with Crippen LogP contribution in [0.4, 0.5) is 13.2 Å². The summed E-state index contributed by atoms with van der Waals surface area (Å²) in [5, 5.41) is 12.3. The number of rotatable bonds is 5. The number of nitrogens with one attached hydrogen (secondary N) is 2. The number of aromatic amines is 1. The summed E-state index contributed by atoms with van der Waals surface area (Å²) in [6.45, 7) is 0. The molecule has 1 amide bonds. The molecule has 0 aliphatic heterocycles. The average molecular weight is 383 g/mol. The second kappa shape index (κ2) is 6.79. The Morgan fingerprint density at radius 1 is 1.31 bits per heavy atom. The molecular formula is C16H12F3N3O3S. The number of amides is 1. The first-order chi connectivity index (χ1) is 12.3. The number of nitrogens with zero attached hydrogens (tertiary/aromatic N) is 1. The predicted molar refractivity (Wildman–Crippen MR) is 88.0 cm³/mol. The number of hydrogen-bond acceptors (Lipinski definition) is 4. The molecule has 0 fully saturated rings. The van der Waals surface area contributed by atoms with Crippen LogP contribution in [0.2, 0.25) is 0 Å². The van der Waals surface area contributed by atoms with E-state index in [0.717, 1.165) is 16.4 Å². The zero-order chi connectivity index (χ0) is 18.9. The summed E-state index contributed by atoms with van der Waals surface area (Å²) in [5.74, 6) is -2.46. The van der Waals surface area contributed by atoms with E-state index in [2.05, 4.69) is 15.3 Å². The third kappa shape index (κ3) is 3.54. The lowest BCUT2D eigenvalue weighted by Gasteiger charge is -2.14. The van der Waals surface area contributed by atoms with Crippen LogP contribution in [0.5, 0.6) is 0 Å². The Morgan fingerprint density at radius 2 is 2.04 bits per heavy atom. The maximum Gasteiger partial charge on any atom is 0.434 e. The molecule has 3 N–H and O–H groups in total. The molecule has 0 bridgehead atoms. The number of H-pyrrole nitrogens is 1. The highest BCUT2D eigenvalue weighted by molar-refractivity contribution is 7.11. The van der Waals surface area contributed by atoms with Crippen LogP contribution in [-0.2, 0) is 17.4 Å². The first kappa shape index (κ1) is 17.9. The number of benzene rings is 1. The molecule has 0 saturated carbocycles. The van der Waals surface area contributed by atoms with Gasteiger partial charge >= 0.3 is 12.1 Å². The number of aliphatic carboxylic acids is 1. The topological polar surface area (TPSA) is 95.1 Å². The largest absolute Gasteiger partial charge is 0.480 e. The monoisotopic (exact) mass is 383 g/mol. The molecule has 136 valence electrons. The first-order valence-electron chi connectivity index (χ1n) is 7.36. The molecule has 0 spiro atoms. The summed E-state index contributed by atoms with van der Waals surface area (Å²) in [6.07, 6.45) is -3.26. The van der Waals surface area contributed by atoms with Crippen molar-refractivity contribution in [1.29, 1.82) is 0 Å². The molecule has 0 aliphatic carbocycles. The minimum atomic E-state index is -4.79. The van der Waals surface area contributed by atoms with Crippen LogP contribution >= 0.6 is 11.3 Å². The van der Waals surface area contributed by atoms with Crippen molar-refractivity contribution in [2.24, 2.45) is 0 Å². The van der Waals surface area contributed by atoms with E-state index in [0.29, 0.717) is 16.9 Å². The number of alkyl halides is 3. The quantitative estimate of drug-likeness (QED) is 0.631. The van der Waals surface area contributed by atoms with Crippen molar-refractivity contribution >= 4 is 34.1 Å². The van der Waals surface area contributed by atoms with Crippen LogP contribution in [-0.4, -0.2) is 33.0 Å². The predicted octanol–water partition coefficient (Wildman–Crippen LogP) is 3.07. The van der Waals surface area contributed by atoms with Gasteiger partial charge in [0.1, 0.15) is 10.9 Å². The summed E-state index contributed by atoms with van der Waals surface area (Å²) in [6, 6.07) is 5.79. The Balaban J connectivity index is 1.82. The lowest BCUT2D eigenvalue weighted by molar-refractivity contribution is -0.141. The van der Waals surface area contributed by atoms with Crippen LogP contribution in [0, 0.1) is 0 Å². The van der Waals surface area contributed by atoms with Crippen LogP contribution < -0.4 is 5.32 Å². The van der Waals surface area contributed by atoms with E-state index in [9.17, 15) is 27.9 Å². The van der Waals surface area contributed by atoms with Gasteiger partial charge in [0, 0.05) is 23.5 Å². The molecule has 0 radical (unpaired) electrons. The highest BCUT2D eigenvalue weighted by atomic mass is 32.1. The number of thiazole rings is 1. The molecule has 1 unspecified atom stereocenters. The molecule has 1 atom stereocenters. The number of carboxylic acid groups (broad SMARTS) is 1. The van der Waals surface area contributed by atoms with E-state index in [1.165, 1.54) is 0 Å². The zero-order valence-electron chi connectivity index (χ0n) is 13.0. The Kier molecular flexibility index (Phi) is 4.68. The van der Waals surface area contributed by atoms with Gasteiger partial charge in [-0.15, -0.1) is 11.3 Å². The molecule has 6 nitrogen and oxygen atoms in total. The molecule has 0 aliphatic rings. The third-order valence-electron chi connectivity index (χ3n) is 3.74. The normalized spacial score (nSPS) is 12.9. The molecule has 3 aromatic rings. The fourth-order valence-electron chi connectivity index (χ4n) is 2.55. The minimum absolute atomic E-state index is 0.0781. The van der Waals surface area contributed by atoms with E-state index in [4.69, 9.17) is 0 Å². The number of halogens is 3. The highest BCUT2D eigenvalue weighted by Crippen LogP contribution is 2.32. The van der Waals surface area contributed by atoms with Crippen molar-refractivity contribution in [3.63, 3.8) is 0 Å². The van der Waals surface area contributed by atoms with E-state index in [1.54, 1.807) is 24.4 Å². The number of para-hydroxylation sites is 1. The first-order valence-corrected chi connectivity index (χ1v) is 8.24. The van der Waals surface area contributed by atoms with Gasteiger partial charge in [-0.05, 0) is 11.6 Å². The Morgan fingerprint density at radius 3 is 2.73 bits per heavy atom. The van der Waals surface area contributed by atoms with Crippen molar-refractivity contribution < 1.29 is 27.9 Å². The number of carbonyl (C=O) groups is 2. The van der Waals surface area contributed by atoms with Gasteiger partial charge in [0.15, 0.2) is 5.69 Å². The van der Waals surface area contributed by atoms with Crippen molar-refractivity contribution in [2.75, 3.05) is 0 Å². The minimum Gasteiger partial charge on any atom is -0.480 e. The Hall–Kier alpha value is -2.88. The smallest absolute Gasteiger partial charge is 0.434 e. The number of fused-ring (bicyclic) bond motifs is 1. The SMILES string of the molecule is O=C(NC(Cc1c[nH]c2ccccc12)C(=O)O)c1scnc1C(F)(F)F. The lowest BCUT2D eigenvalue weighted by Crippen LogP contribution is -2.42. The van der Waals surface area contributed by atoms with Gasteiger partial charge in [-0.1, -0.05) is 18.2 Å². The van der Waals surface area contributed by atoms with Gasteiger partial charge in [0.2, 0.25) is 0 Å². The number of carboxylic acids is 1. The van der Waals surface area contributed by atoms with E-state index in [-0.39, 0.29) is 6.42 Å². The summed E-state index contributed by atoms with van der Waals surface area (Å²) in [7, 11) is 0. The van der Waals surface area contributed by atoms with Crippen LogP contribution in [0.25, 0.3) is 10.9 Å². The number of carbonyl (C=O) groups excluding carboxylic acids is 1. The maximum absolute atomic E-state index is 12.9. The molecule has 1 aromatic carbocycles. The molecule has 0 saturated heterocycles. The summed E-state index contributed by atoms with van der Waals surface area (Å²) < 4.78 is 38.6. The number of aromatic nitrogens is 2. The second-order valence-electron chi connectivity index (χ2n) is 5.46. The standard InChI is InChI=1S/C16H12F3N3O3S/c17-16(18,19)13-12(26-7-21-13)14(23)22-11(15(24)25)5-8-6-20-10-4-2-1-3-9(8)10/h1-4,6-7,11,20H,5H2,(H,22,23)(H,24,25). The molecular weight excluding hydrogens is 371 g/mol. The molecule has 26 heavy (non-hydrogen) atoms. The van der Waals surface area contributed by atoms with Gasteiger partial charge in [-0.2, -0.15) is 13.2 Å². The van der Waals surface area contributed by atoms with Crippen molar-refractivity contribution in [3.8, 4) is 0 Å². The van der Waals surface area contributed by atoms with E-state index >= 15 is 0 Å². The third-order valence-corrected chi connectivity index (χ3v) is 4.57. The fourth-order valence-corrected chi connectivity index (χ4v) is 3.26. The lowest BCUT2D eigenvalue weighted by atomic mass is 10.0. The van der Waals surface area contributed by atoms with E-state index in [1.807, 2.05) is 6.07 Å². The van der Waals surface area contributed by atoms with Crippen LogP contribution in [0.15, 0.2) is 36.0 Å². The second-order valence-corrected chi connectivity index (χ2v) is 6.31. The van der Waals surface area contributed by atoms with Gasteiger partial charge in [0.25, 0.3) is 5.91 Å². The van der Waals surface area contributed by atoms with Crippen LogP contribution in [0.1, 0.15) is 20.9 Å². The Labute approximate surface area is 148 Å². The summed E-state index contributed by atoms with van der Waals surface area (Å²) in [4.78, 5) is 29.1. The van der Waals surface area contributed by atoms with Gasteiger partial charge in [-0.3, -0.25) is 4.79 Å². The average Bonchev–Trinajstić information content (AvgIpc) is 3.21. The van der Waals surface area contributed by atoms with Crippen molar-refractivity contribution in [1.82, 2.24) is 15.3 Å². The van der Waals surface area contributed by atoms with E-state index < -0.39 is 34.7 Å². The van der Waals surface area contributed by atoms with Gasteiger partial charge in [0.05, 0.1) is 5.51 Å². The van der Waals surface area contributed by atoms with Gasteiger partial charge in [-0.25, -0.2) is 9.78 Å². The molecule has 3 rings (SSSR count). The van der Waals surface area contributed by atoms with Crippen molar-refractivity contribution in [3.05, 3.63) is 52.1 Å². The van der Waals surface area contributed by atoms with Crippen molar-refractivity contribution in [2.45, 2.75) is 18.6 Å². The fraction of sp³-hybridized carbons (Fsp3) is 0.188. The number of hydrogen-bond donors (Lipinski definition) is 3. The molecule has 2 aromatic heterocycles. The van der Waals surface area contributed by atoms with Crippen LogP contribution in [0.3, 0.4) is 0 Å². The van der Waals surface area contributed by atoms with Gasteiger partial charge < -0.3 is 15.4 Å². The summed E-state index contributed by atoms with van der Waals surface area (Å²) in [5.41, 5.74) is 0.998. The molecule has 2 heterocycles. The molecule has 10 heteroatoms.